The van der Waals surface area contributed by atoms with Gasteiger partial charge in [0.05, 0.1) is 11.1 Å². The van der Waals surface area contributed by atoms with Crippen LogP contribution in [0.2, 0.25) is 0 Å². The van der Waals surface area contributed by atoms with Crippen LogP contribution in [0.4, 0.5) is 11.8 Å². The summed E-state index contributed by atoms with van der Waals surface area (Å²) in [6, 6.07) is 12.7. The number of nitrogen functional groups attached to an aromatic ring is 2. The van der Waals surface area contributed by atoms with Crippen molar-refractivity contribution in [2.75, 3.05) is 11.5 Å². The van der Waals surface area contributed by atoms with Crippen molar-refractivity contribution in [1.29, 1.82) is 0 Å². The molecule has 0 bridgehead atoms. The molecule has 3 aromatic rings. The van der Waals surface area contributed by atoms with Crippen molar-refractivity contribution in [3.05, 3.63) is 59.2 Å². The minimum Gasteiger partial charge on any atom is -0.478 e. The highest BCUT2D eigenvalue weighted by Gasteiger charge is 2.06. The van der Waals surface area contributed by atoms with Crippen molar-refractivity contribution >= 4 is 28.6 Å². The maximum atomic E-state index is 10.8. The fraction of sp³-hybridized carbons (Fsp3) is 0.286. The summed E-state index contributed by atoms with van der Waals surface area (Å²) >= 11 is 0. The number of carboxylic acids is 1. The Bertz CT molecular complexity index is 877. The molecule has 0 fully saturated rings. The van der Waals surface area contributed by atoms with Crippen LogP contribution in [0.25, 0.3) is 10.9 Å². The maximum absolute atomic E-state index is 10.8. The Kier molecular flexibility index (Phi) is 8.72. The highest BCUT2D eigenvalue weighted by molar-refractivity contribution is 5.89. The lowest BCUT2D eigenvalue weighted by atomic mass is 10.0. The van der Waals surface area contributed by atoms with Crippen LogP contribution in [0.3, 0.4) is 0 Å². The van der Waals surface area contributed by atoms with E-state index < -0.39 is 5.97 Å². The zero-order valence-corrected chi connectivity index (χ0v) is 16.4. The number of nitrogens with zero attached hydrogens (tertiary/aromatic N) is 2. The first-order valence-corrected chi connectivity index (χ1v) is 9.17. The van der Waals surface area contributed by atoms with Crippen molar-refractivity contribution in [2.45, 2.75) is 40.5 Å². The molecule has 0 amide bonds. The number of carboxylic acid groups (broad SMARTS) is 1. The van der Waals surface area contributed by atoms with Gasteiger partial charge in [-0.25, -0.2) is 9.78 Å². The third kappa shape index (κ3) is 5.95. The Labute approximate surface area is 160 Å². The van der Waals surface area contributed by atoms with Crippen LogP contribution in [0.5, 0.6) is 0 Å². The van der Waals surface area contributed by atoms with E-state index in [-0.39, 0.29) is 5.95 Å². The molecule has 5 N–H and O–H groups in total. The van der Waals surface area contributed by atoms with Gasteiger partial charge >= 0.3 is 5.97 Å². The zero-order chi connectivity index (χ0) is 20.4. The lowest BCUT2D eigenvalue weighted by Crippen LogP contribution is -2.01. The molecule has 0 radical (unpaired) electrons. The number of hydrogen-bond acceptors (Lipinski definition) is 5. The summed E-state index contributed by atoms with van der Waals surface area (Å²) in [5.74, 6) is -0.373. The van der Waals surface area contributed by atoms with E-state index in [2.05, 4.69) is 9.97 Å². The third-order valence-corrected chi connectivity index (χ3v) is 3.71. The van der Waals surface area contributed by atoms with E-state index in [0.717, 1.165) is 34.9 Å². The molecule has 6 nitrogen and oxygen atoms in total. The molecule has 27 heavy (non-hydrogen) atoms. The summed E-state index contributed by atoms with van der Waals surface area (Å²) < 4.78 is 0. The quantitative estimate of drug-likeness (QED) is 0.631. The zero-order valence-electron chi connectivity index (χ0n) is 16.4. The normalized spacial score (nSPS) is 9.63. The van der Waals surface area contributed by atoms with Gasteiger partial charge in [0.15, 0.2) is 0 Å². The molecule has 2 aromatic carbocycles. The Morgan fingerprint density at radius 1 is 0.889 bits per heavy atom. The van der Waals surface area contributed by atoms with Gasteiger partial charge in [0.2, 0.25) is 5.95 Å². The number of carbonyl (C=O) groups is 1. The number of fused-ring (bicyclic) bond motifs is 1. The highest BCUT2D eigenvalue weighted by atomic mass is 16.4. The smallest absolute Gasteiger partial charge is 0.335 e. The van der Waals surface area contributed by atoms with E-state index in [4.69, 9.17) is 16.6 Å². The topological polar surface area (TPSA) is 115 Å². The van der Waals surface area contributed by atoms with Crippen molar-refractivity contribution in [1.82, 2.24) is 9.97 Å². The molecule has 144 valence electrons. The van der Waals surface area contributed by atoms with Gasteiger partial charge in [-0.3, -0.25) is 0 Å². The van der Waals surface area contributed by atoms with Crippen molar-refractivity contribution in [2.24, 2.45) is 0 Å². The summed E-state index contributed by atoms with van der Waals surface area (Å²) in [4.78, 5) is 19.0. The van der Waals surface area contributed by atoms with E-state index in [0.29, 0.717) is 11.4 Å². The number of benzene rings is 2. The molecule has 3 rings (SSSR count). The van der Waals surface area contributed by atoms with E-state index in [1.54, 1.807) is 12.1 Å². The summed E-state index contributed by atoms with van der Waals surface area (Å²) in [5.41, 5.74) is 14.7. The van der Waals surface area contributed by atoms with Crippen LogP contribution in [0.15, 0.2) is 42.5 Å². The first kappa shape index (κ1) is 21.9. The first-order chi connectivity index (χ1) is 13.0. The van der Waals surface area contributed by atoms with Crippen LogP contribution in [0, 0.1) is 0 Å². The van der Waals surface area contributed by atoms with Gasteiger partial charge in [0.1, 0.15) is 5.82 Å². The van der Waals surface area contributed by atoms with Crippen LogP contribution in [0.1, 0.15) is 49.2 Å². The molecule has 0 aliphatic carbocycles. The van der Waals surface area contributed by atoms with Gasteiger partial charge in [-0.05, 0) is 48.2 Å². The molecule has 0 aliphatic heterocycles. The minimum absolute atomic E-state index is 0.168. The molecule has 1 aromatic heterocycles. The predicted octanol–water partition coefficient (Wildman–Crippen LogP) is 4.33. The lowest BCUT2D eigenvalue weighted by molar-refractivity contribution is 0.0697. The number of rotatable bonds is 4. The molecule has 0 aliphatic rings. The number of anilines is 2. The number of aryl methyl sites for hydroxylation is 2. The second-order valence-corrected chi connectivity index (χ2v) is 5.32. The standard InChI is InChI=1S/C17H16N4O2.2C2H6/c18-15-13-9-11(5-8-14(13)20-17(19)21-15)2-1-10-3-6-12(7-4-10)16(22)23;2*1-2/h3-9H,1-2H2,(H,22,23)(H4,18,19,20,21);2*1-2H3. The Hall–Kier alpha value is -3.15. The Balaban J connectivity index is 0.000000855. The lowest BCUT2D eigenvalue weighted by Gasteiger charge is -2.06. The minimum atomic E-state index is -0.916. The molecule has 1 heterocycles. The second-order valence-electron chi connectivity index (χ2n) is 5.32. The summed E-state index contributed by atoms with van der Waals surface area (Å²) in [5, 5.41) is 9.69. The average Bonchev–Trinajstić information content (AvgIpc) is 2.70. The van der Waals surface area contributed by atoms with Crippen molar-refractivity contribution < 1.29 is 9.90 Å². The first-order valence-electron chi connectivity index (χ1n) is 9.17. The molecule has 0 saturated heterocycles. The van der Waals surface area contributed by atoms with E-state index in [1.807, 2.05) is 58.0 Å². The SMILES string of the molecule is CC.CC.Nc1nc(N)c2cc(CCc3ccc(C(=O)O)cc3)ccc2n1. The number of hydrogen-bond donors (Lipinski definition) is 3. The van der Waals surface area contributed by atoms with Crippen molar-refractivity contribution in [3.63, 3.8) is 0 Å². The third-order valence-electron chi connectivity index (χ3n) is 3.71. The molecular formula is C21H28N4O2. The Morgan fingerprint density at radius 3 is 2.04 bits per heavy atom. The summed E-state index contributed by atoms with van der Waals surface area (Å²) in [6.45, 7) is 8.00. The van der Waals surface area contributed by atoms with Crippen LogP contribution >= 0.6 is 0 Å². The molecule has 0 saturated carbocycles. The highest BCUT2D eigenvalue weighted by Crippen LogP contribution is 2.21. The maximum Gasteiger partial charge on any atom is 0.335 e. The molecular weight excluding hydrogens is 340 g/mol. The van der Waals surface area contributed by atoms with Gasteiger partial charge in [0, 0.05) is 5.39 Å². The molecule has 0 unspecified atom stereocenters. The van der Waals surface area contributed by atoms with E-state index in [9.17, 15) is 4.79 Å². The predicted molar refractivity (Wildman–Crippen MR) is 112 cm³/mol. The van der Waals surface area contributed by atoms with Crippen molar-refractivity contribution in [3.8, 4) is 0 Å². The van der Waals surface area contributed by atoms with Gasteiger partial charge in [-0.15, -0.1) is 0 Å². The van der Waals surface area contributed by atoms with Gasteiger partial charge in [-0.1, -0.05) is 45.9 Å². The van der Waals surface area contributed by atoms with Gasteiger partial charge in [0.25, 0.3) is 0 Å². The molecule has 0 spiro atoms. The number of aromatic carboxylic acids is 1. The van der Waals surface area contributed by atoms with Gasteiger partial charge < -0.3 is 16.6 Å². The summed E-state index contributed by atoms with van der Waals surface area (Å²) in [7, 11) is 0. The fourth-order valence-corrected chi connectivity index (χ4v) is 2.48. The van der Waals surface area contributed by atoms with E-state index >= 15 is 0 Å². The van der Waals surface area contributed by atoms with Crippen LogP contribution < -0.4 is 11.5 Å². The van der Waals surface area contributed by atoms with Crippen LogP contribution in [-0.2, 0) is 12.8 Å². The molecule has 6 heteroatoms. The Morgan fingerprint density at radius 2 is 1.44 bits per heavy atom. The second kappa shape index (κ2) is 10.8. The average molecular weight is 368 g/mol. The van der Waals surface area contributed by atoms with E-state index in [1.165, 1.54) is 0 Å². The van der Waals surface area contributed by atoms with Crippen LogP contribution in [-0.4, -0.2) is 21.0 Å². The summed E-state index contributed by atoms with van der Waals surface area (Å²) in [6.07, 6.45) is 1.62. The number of nitrogens with two attached hydrogens (primary N) is 2. The monoisotopic (exact) mass is 368 g/mol. The number of aromatic nitrogens is 2. The van der Waals surface area contributed by atoms with Gasteiger partial charge in [-0.2, -0.15) is 4.98 Å². The molecule has 0 atom stereocenters. The fourth-order valence-electron chi connectivity index (χ4n) is 2.48. The largest absolute Gasteiger partial charge is 0.478 e.